The number of nitrogens with zero attached hydrogens (tertiary/aromatic N) is 3. The molecule has 1 saturated heterocycles. The lowest BCUT2D eigenvalue weighted by Gasteiger charge is -2.36. The highest BCUT2D eigenvalue weighted by atomic mass is 16.5. The van der Waals surface area contributed by atoms with Crippen molar-refractivity contribution in [1.29, 1.82) is 0 Å². The maximum absolute atomic E-state index is 12.5. The van der Waals surface area contributed by atoms with Gasteiger partial charge in [-0.3, -0.25) is 0 Å². The third-order valence-electron chi connectivity index (χ3n) is 5.19. The average Bonchev–Trinajstić information content (AvgIpc) is 2.77. The van der Waals surface area contributed by atoms with Crippen molar-refractivity contribution in [3.05, 3.63) is 48.0 Å². The fraction of sp³-hybridized carbons (Fsp3) is 0.409. The summed E-state index contributed by atoms with van der Waals surface area (Å²) in [6, 6.07) is 14.1. The molecule has 0 saturated carbocycles. The third kappa shape index (κ3) is 5.04. The first-order chi connectivity index (χ1) is 14.0. The molecule has 1 fully saturated rings. The Balaban J connectivity index is 1.50. The number of hydrogen-bond acceptors (Lipinski definition) is 5. The summed E-state index contributed by atoms with van der Waals surface area (Å²) < 4.78 is 10.6. The number of hydrogen-bond donors (Lipinski definition) is 1. The van der Waals surface area contributed by atoms with Gasteiger partial charge in [-0.1, -0.05) is 6.07 Å². The first-order valence-corrected chi connectivity index (χ1v) is 9.78. The van der Waals surface area contributed by atoms with Crippen LogP contribution in [0, 0.1) is 0 Å². The van der Waals surface area contributed by atoms with Crippen LogP contribution in [0.2, 0.25) is 0 Å². The van der Waals surface area contributed by atoms with Crippen LogP contribution in [0.15, 0.2) is 42.5 Å². The fourth-order valence-electron chi connectivity index (χ4n) is 3.41. The van der Waals surface area contributed by atoms with Crippen LogP contribution in [0.3, 0.4) is 0 Å². The molecule has 3 rings (SSSR count). The Bertz CT molecular complexity index is 815. The number of methoxy groups -OCH3 is 2. The van der Waals surface area contributed by atoms with Crippen LogP contribution in [-0.4, -0.2) is 65.4 Å². The van der Waals surface area contributed by atoms with E-state index in [1.165, 1.54) is 11.4 Å². The van der Waals surface area contributed by atoms with Crippen molar-refractivity contribution in [2.45, 2.75) is 6.54 Å². The second kappa shape index (κ2) is 9.41. The highest BCUT2D eigenvalue weighted by Gasteiger charge is 2.21. The summed E-state index contributed by atoms with van der Waals surface area (Å²) in [5, 5.41) is 3.00. The molecule has 0 spiro atoms. The molecule has 1 aliphatic rings. The van der Waals surface area contributed by atoms with Gasteiger partial charge in [-0.2, -0.15) is 0 Å². The molecule has 29 heavy (non-hydrogen) atoms. The van der Waals surface area contributed by atoms with Crippen molar-refractivity contribution in [3.8, 4) is 11.5 Å². The number of carbonyl (C=O) groups excluding carboxylic acids is 1. The van der Waals surface area contributed by atoms with Gasteiger partial charge in [-0.15, -0.1) is 0 Å². The first-order valence-electron chi connectivity index (χ1n) is 9.78. The second-order valence-corrected chi connectivity index (χ2v) is 7.23. The van der Waals surface area contributed by atoms with Gasteiger partial charge in [0.15, 0.2) is 11.5 Å². The van der Waals surface area contributed by atoms with Gasteiger partial charge in [0.05, 0.1) is 14.2 Å². The summed E-state index contributed by atoms with van der Waals surface area (Å²) in [6.45, 7) is 3.50. The van der Waals surface area contributed by atoms with Crippen molar-refractivity contribution in [1.82, 2.24) is 10.2 Å². The number of amides is 2. The molecule has 156 valence electrons. The maximum atomic E-state index is 12.5. The zero-order valence-electron chi connectivity index (χ0n) is 17.6. The van der Waals surface area contributed by atoms with E-state index in [0.29, 0.717) is 31.1 Å². The molecule has 0 aliphatic carbocycles. The molecule has 7 heteroatoms. The smallest absolute Gasteiger partial charge is 0.317 e. The highest BCUT2D eigenvalue weighted by molar-refractivity contribution is 5.74. The normalized spacial score (nSPS) is 13.8. The topological polar surface area (TPSA) is 57.3 Å². The van der Waals surface area contributed by atoms with Gasteiger partial charge in [-0.05, 0) is 42.0 Å². The van der Waals surface area contributed by atoms with Crippen molar-refractivity contribution in [3.63, 3.8) is 0 Å². The minimum Gasteiger partial charge on any atom is -0.493 e. The van der Waals surface area contributed by atoms with Crippen molar-refractivity contribution in [2.75, 3.05) is 64.3 Å². The number of anilines is 2. The standard InChI is InChI=1S/C22H30N4O3/c1-24(2)18-6-8-19(9-7-18)25-11-13-26(14-12-25)22(27)23-16-17-5-10-20(28-3)21(15-17)29-4/h5-10,15H,11-14,16H2,1-4H3,(H,23,27). The molecule has 1 aliphatic heterocycles. The zero-order chi connectivity index (χ0) is 20.8. The SMILES string of the molecule is COc1ccc(CNC(=O)N2CCN(c3ccc(N(C)C)cc3)CC2)cc1OC. The summed E-state index contributed by atoms with van der Waals surface area (Å²) in [7, 11) is 7.28. The molecule has 7 nitrogen and oxygen atoms in total. The lowest BCUT2D eigenvalue weighted by atomic mass is 10.2. The molecule has 0 atom stereocenters. The van der Waals surface area contributed by atoms with E-state index in [0.717, 1.165) is 18.7 Å². The van der Waals surface area contributed by atoms with Crippen LogP contribution in [0.4, 0.5) is 16.2 Å². The highest BCUT2D eigenvalue weighted by Crippen LogP contribution is 2.27. The molecule has 1 heterocycles. The third-order valence-corrected chi connectivity index (χ3v) is 5.19. The minimum absolute atomic E-state index is 0.0395. The van der Waals surface area contributed by atoms with Gasteiger partial charge in [-0.25, -0.2) is 4.79 Å². The second-order valence-electron chi connectivity index (χ2n) is 7.23. The number of rotatable bonds is 6. The summed E-state index contributed by atoms with van der Waals surface area (Å²) in [5.41, 5.74) is 3.35. The number of nitrogens with one attached hydrogen (secondary N) is 1. The molecule has 2 aromatic rings. The summed E-state index contributed by atoms with van der Waals surface area (Å²) in [6.07, 6.45) is 0. The van der Waals surface area contributed by atoms with Crippen molar-refractivity contribution < 1.29 is 14.3 Å². The lowest BCUT2D eigenvalue weighted by molar-refractivity contribution is 0.194. The number of piperazine rings is 1. The number of benzene rings is 2. The molecule has 0 unspecified atom stereocenters. The Morgan fingerprint density at radius 2 is 1.62 bits per heavy atom. The first kappa shape index (κ1) is 20.6. The van der Waals surface area contributed by atoms with Crippen molar-refractivity contribution >= 4 is 17.4 Å². The fourth-order valence-corrected chi connectivity index (χ4v) is 3.41. The zero-order valence-corrected chi connectivity index (χ0v) is 17.6. The van der Waals surface area contributed by atoms with Crippen LogP contribution in [0.5, 0.6) is 11.5 Å². The van der Waals surface area contributed by atoms with Gasteiger partial charge >= 0.3 is 6.03 Å². The molecular weight excluding hydrogens is 368 g/mol. The number of ether oxygens (including phenoxy) is 2. The monoisotopic (exact) mass is 398 g/mol. The quantitative estimate of drug-likeness (QED) is 0.811. The van der Waals surface area contributed by atoms with E-state index in [-0.39, 0.29) is 6.03 Å². The van der Waals surface area contributed by atoms with Crippen LogP contribution >= 0.6 is 0 Å². The molecule has 0 bridgehead atoms. The van der Waals surface area contributed by atoms with E-state index < -0.39 is 0 Å². The van der Waals surface area contributed by atoms with E-state index in [2.05, 4.69) is 39.4 Å². The van der Waals surface area contributed by atoms with E-state index >= 15 is 0 Å². The Morgan fingerprint density at radius 1 is 0.966 bits per heavy atom. The van der Waals surface area contributed by atoms with E-state index in [1.54, 1.807) is 14.2 Å². The van der Waals surface area contributed by atoms with Crippen LogP contribution in [-0.2, 0) is 6.54 Å². The number of carbonyl (C=O) groups is 1. The molecule has 0 aromatic heterocycles. The summed E-state index contributed by atoms with van der Waals surface area (Å²) >= 11 is 0. The Kier molecular flexibility index (Phi) is 6.69. The largest absolute Gasteiger partial charge is 0.493 e. The van der Waals surface area contributed by atoms with Crippen LogP contribution < -0.4 is 24.6 Å². The Labute approximate surface area is 172 Å². The van der Waals surface area contributed by atoms with E-state index in [1.807, 2.05) is 37.2 Å². The Morgan fingerprint density at radius 3 is 2.21 bits per heavy atom. The maximum Gasteiger partial charge on any atom is 0.317 e. The van der Waals surface area contributed by atoms with Crippen LogP contribution in [0.25, 0.3) is 0 Å². The van der Waals surface area contributed by atoms with Gasteiger partial charge in [0.25, 0.3) is 0 Å². The minimum atomic E-state index is -0.0395. The molecule has 2 amide bonds. The molecular formula is C22H30N4O3. The average molecular weight is 399 g/mol. The summed E-state index contributed by atoms with van der Waals surface area (Å²) in [5.74, 6) is 1.34. The summed E-state index contributed by atoms with van der Waals surface area (Å²) in [4.78, 5) is 18.8. The van der Waals surface area contributed by atoms with E-state index in [4.69, 9.17) is 9.47 Å². The van der Waals surface area contributed by atoms with Gasteiger partial charge < -0.3 is 29.5 Å². The lowest BCUT2D eigenvalue weighted by Crippen LogP contribution is -2.51. The van der Waals surface area contributed by atoms with Gasteiger partial charge in [0, 0.05) is 58.2 Å². The molecule has 0 radical (unpaired) electrons. The Hall–Kier alpha value is -3.09. The molecule has 2 aromatic carbocycles. The van der Waals surface area contributed by atoms with Gasteiger partial charge in [0.1, 0.15) is 0 Å². The van der Waals surface area contributed by atoms with Crippen LogP contribution in [0.1, 0.15) is 5.56 Å². The van der Waals surface area contributed by atoms with Gasteiger partial charge in [0.2, 0.25) is 0 Å². The van der Waals surface area contributed by atoms with Crippen molar-refractivity contribution in [2.24, 2.45) is 0 Å². The predicted molar refractivity (Wildman–Crippen MR) is 116 cm³/mol. The molecule has 1 N–H and O–H groups in total. The number of urea groups is 1. The van der Waals surface area contributed by atoms with E-state index in [9.17, 15) is 4.79 Å². The predicted octanol–water partition coefficient (Wildman–Crippen LogP) is 2.80.